The third kappa shape index (κ3) is 5.02. The molecule has 1 fully saturated rings. The van der Waals surface area contributed by atoms with Gasteiger partial charge in [-0.25, -0.2) is 4.39 Å². The van der Waals surface area contributed by atoms with Crippen molar-refractivity contribution < 1.29 is 14.0 Å². The summed E-state index contributed by atoms with van der Waals surface area (Å²) in [4.78, 5) is 22.9. The molecule has 30 heavy (non-hydrogen) atoms. The zero-order chi connectivity index (χ0) is 21.1. The van der Waals surface area contributed by atoms with Crippen molar-refractivity contribution in [2.45, 2.75) is 31.8 Å². The van der Waals surface area contributed by atoms with E-state index in [1.165, 1.54) is 11.3 Å². The topological polar surface area (TPSA) is 45.1 Å². The predicted molar refractivity (Wildman–Crippen MR) is 120 cm³/mol. The third-order valence-electron chi connectivity index (χ3n) is 5.62. The van der Waals surface area contributed by atoms with E-state index in [0.717, 1.165) is 38.3 Å². The first kappa shape index (κ1) is 21.3. The van der Waals surface area contributed by atoms with Crippen LogP contribution in [-0.2, 0) is 4.84 Å². The lowest BCUT2D eigenvalue weighted by atomic mass is 10.0. The number of Topliss-reactive ketones (excluding diaryl/α,β-unsaturated/α-hetero) is 1. The number of halogens is 2. The molecule has 2 aliphatic heterocycles. The summed E-state index contributed by atoms with van der Waals surface area (Å²) in [7, 11) is 2.12. The maximum Gasteiger partial charge on any atom is 0.172 e. The van der Waals surface area contributed by atoms with E-state index in [1.54, 1.807) is 24.3 Å². The molecule has 1 atom stereocenters. The molecule has 4 rings (SSSR count). The lowest BCUT2D eigenvalue weighted by Crippen LogP contribution is -2.28. The van der Waals surface area contributed by atoms with Crippen molar-refractivity contribution >= 4 is 40.1 Å². The number of likely N-dealkylation sites (N-methyl/N-ethyl adjacent to an activating group) is 1. The number of nitrogens with zero attached hydrogens (tertiary/aromatic N) is 3. The Kier molecular flexibility index (Phi) is 6.71. The second-order valence-electron chi connectivity index (χ2n) is 7.84. The Hall–Kier alpha value is -1.96. The number of ketones is 1. The van der Waals surface area contributed by atoms with E-state index in [9.17, 15) is 9.18 Å². The molecule has 3 heterocycles. The van der Waals surface area contributed by atoms with Gasteiger partial charge in [0, 0.05) is 43.7 Å². The number of benzene rings is 1. The van der Waals surface area contributed by atoms with Crippen molar-refractivity contribution in [3.8, 4) is 0 Å². The molecule has 1 saturated heterocycles. The summed E-state index contributed by atoms with van der Waals surface area (Å²) in [5, 5.41) is 4.10. The van der Waals surface area contributed by atoms with Crippen LogP contribution < -0.4 is 4.90 Å². The van der Waals surface area contributed by atoms with Crippen molar-refractivity contribution in [1.82, 2.24) is 4.90 Å². The molecule has 0 N–H and O–H groups in total. The Balaban J connectivity index is 1.34. The van der Waals surface area contributed by atoms with Crippen LogP contribution in [0.1, 0.15) is 40.9 Å². The van der Waals surface area contributed by atoms with Gasteiger partial charge in [-0.15, -0.1) is 11.3 Å². The summed E-state index contributed by atoms with van der Waals surface area (Å²) in [6.45, 7) is 3.86. The van der Waals surface area contributed by atoms with Gasteiger partial charge >= 0.3 is 0 Å². The predicted octanol–water partition coefficient (Wildman–Crippen LogP) is 4.84. The monoisotopic (exact) mass is 449 g/mol. The summed E-state index contributed by atoms with van der Waals surface area (Å²) in [5.74, 6) is -0.236. The molecule has 0 saturated carbocycles. The van der Waals surface area contributed by atoms with Crippen molar-refractivity contribution in [2.24, 2.45) is 5.16 Å². The van der Waals surface area contributed by atoms with E-state index in [0.29, 0.717) is 39.8 Å². The third-order valence-corrected chi connectivity index (χ3v) is 6.89. The average Bonchev–Trinajstić information content (AvgIpc) is 3.32. The molecule has 1 unspecified atom stereocenters. The van der Waals surface area contributed by atoms with E-state index in [2.05, 4.69) is 22.0 Å². The Bertz CT molecular complexity index is 948. The van der Waals surface area contributed by atoms with Crippen molar-refractivity contribution in [3.05, 3.63) is 50.9 Å². The van der Waals surface area contributed by atoms with E-state index in [4.69, 9.17) is 16.4 Å². The Morgan fingerprint density at radius 1 is 1.27 bits per heavy atom. The van der Waals surface area contributed by atoms with Gasteiger partial charge in [-0.2, -0.15) is 0 Å². The Morgan fingerprint density at radius 2 is 2.13 bits per heavy atom. The first-order valence-electron chi connectivity index (χ1n) is 10.2. The average molecular weight is 450 g/mol. The highest BCUT2D eigenvalue weighted by Crippen LogP contribution is 2.27. The molecule has 8 heteroatoms. The first-order chi connectivity index (χ1) is 14.5. The summed E-state index contributed by atoms with van der Waals surface area (Å²) in [5.41, 5.74) is 1.98. The van der Waals surface area contributed by atoms with Crippen LogP contribution in [0, 0.1) is 5.82 Å². The fraction of sp³-hybridized carbons (Fsp3) is 0.455. The summed E-state index contributed by atoms with van der Waals surface area (Å²) < 4.78 is 15.5. The molecule has 0 spiro atoms. The summed E-state index contributed by atoms with van der Waals surface area (Å²) in [6, 6.07) is 8.82. The van der Waals surface area contributed by atoms with Crippen LogP contribution in [0.15, 0.2) is 35.5 Å². The number of hydrogen-bond donors (Lipinski definition) is 0. The van der Waals surface area contributed by atoms with Gasteiger partial charge in [0.2, 0.25) is 0 Å². The lowest BCUT2D eigenvalue weighted by Gasteiger charge is -2.23. The van der Waals surface area contributed by atoms with Crippen LogP contribution in [0.5, 0.6) is 0 Å². The smallest absolute Gasteiger partial charge is 0.172 e. The van der Waals surface area contributed by atoms with Gasteiger partial charge in [-0.05, 0) is 56.8 Å². The molecular formula is C22H25ClFN3O2S. The van der Waals surface area contributed by atoms with Crippen LogP contribution in [0.4, 0.5) is 10.1 Å². The number of carbonyl (C=O) groups is 1. The molecule has 1 aromatic carbocycles. The summed E-state index contributed by atoms with van der Waals surface area (Å²) >= 11 is 7.17. The van der Waals surface area contributed by atoms with Gasteiger partial charge in [-0.1, -0.05) is 16.8 Å². The number of hydrogen-bond acceptors (Lipinski definition) is 6. The van der Waals surface area contributed by atoms with Crippen LogP contribution in [0.25, 0.3) is 0 Å². The van der Waals surface area contributed by atoms with Gasteiger partial charge in [0.05, 0.1) is 14.9 Å². The molecule has 2 aliphatic rings. The normalized spacial score (nSPS) is 20.0. The standard InChI is InChI=1S/C22H25ClFN3O2S/c1-26-9-2-10-27(12-11-26)15-3-5-17(18(24)13-15)19-14-16(29-25-19)4-6-20(28)21-7-8-22(23)30-21/h3,5,7-8,13,16H,2,4,6,9-12,14H2,1H3. The van der Waals surface area contributed by atoms with Gasteiger partial charge in [0.25, 0.3) is 0 Å². The summed E-state index contributed by atoms with van der Waals surface area (Å²) in [6.07, 6.45) is 2.26. The zero-order valence-electron chi connectivity index (χ0n) is 16.9. The fourth-order valence-electron chi connectivity index (χ4n) is 3.86. The lowest BCUT2D eigenvalue weighted by molar-refractivity contribution is 0.0720. The quantitative estimate of drug-likeness (QED) is 0.592. The van der Waals surface area contributed by atoms with Gasteiger partial charge < -0.3 is 14.6 Å². The molecule has 0 bridgehead atoms. The van der Waals surface area contributed by atoms with E-state index in [-0.39, 0.29) is 17.7 Å². The van der Waals surface area contributed by atoms with Crippen molar-refractivity contribution in [2.75, 3.05) is 38.1 Å². The van der Waals surface area contributed by atoms with Gasteiger partial charge in [-0.3, -0.25) is 4.79 Å². The molecule has 0 amide bonds. The van der Waals surface area contributed by atoms with Crippen molar-refractivity contribution in [3.63, 3.8) is 0 Å². The van der Waals surface area contributed by atoms with E-state index >= 15 is 0 Å². The number of oxime groups is 1. The first-order valence-corrected chi connectivity index (χ1v) is 11.4. The van der Waals surface area contributed by atoms with Crippen LogP contribution in [-0.4, -0.2) is 55.7 Å². The Labute approximate surface area is 185 Å². The highest BCUT2D eigenvalue weighted by molar-refractivity contribution is 7.18. The minimum Gasteiger partial charge on any atom is -0.392 e. The van der Waals surface area contributed by atoms with Crippen LogP contribution in [0.3, 0.4) is 0 Å². The number of carbonyl (C=O) groups excluding carboxylic acids is 1. The second kappa shape index (κ2) is 9.45. The molecule has 0 radical (unpaired) electrons. The van der Waals surface area contributed by atoms with E-state index in [1.807, 2.05) is 6.07 Å². The molecule has 1 aromatic heterocycles. The highest BCUT2D eigenvalue weighted by atomic mass is 35.5. The van der Waals surface area contributed by atoms with E-state index < -0.39 is 0 Å². The molecule has 160 valence electrons. The largest absolute Gasteiger partial charge is 0.392 e. The second-order valence-corrected chi connectivity index (χ2v) is 9.56. The maximum atomic E-state index is 14.9. The zero-order valence-corrected chi connectivity index (χ0v) is 18.5. The van der Waals surface area contributed by atoms with Crippen LogP contribution in [0.2, 0.25) is 4.34 Å². The SMILES string of the molecule is CN1CCCN(c2ccc(C3=NOC(CCC(=O)c4ccc(Cl)s4)C3)c(F)c2)CC1. The Morgan fingerprint density at radius 3 is 2.90 bits per heavy atom. The minimum atomic E-state index is -0.280. The molecule has 0 aliphatic carbocycles. The number of thiophene rings is 1. The highest BCUT2D eigenvalue weighted by Gasteiger charge is 2.26. The number of rotatable bonds is 6. The maximum absolute atomic E-state index is 14.9. The number of anilines is 1. The van der Waals surface area contributed by atoms with Gasteiger partial charge in [0.15, 0.2) is 5.78 Å². The molecule has 2 aromatic rings. The van der Waals surface area contributed by atoms with Crippen LogP contribution >= 0.6 is 22.9 Å². The fourth-order valence-corrected chi connectivity index (χ4v) is 4.87. The molecule has 5 nitrogen and oxygen atoms in total. The van der Waals surface area contributed by atoms with Crippen molar-refractivity contribution in [1.29, 1.82) is 0 Å². The minimum absolute atomic E-state index is 0.0441. The molecular weight excluding hydrogens is 425 g/mol. The van der Waals surface area contributed by atoms with Gasteiger partial charge in [0.1, 0.15) is 11.9 Å².